The van der Waals surface area contributed by atoms with Crippen molar-refractivity contribution in [3.63, 3.8) is 0 Å². The lowest BCUT2D eigenvalue weighted by molar-refractivity contribution is -0.119. The van der Waals surface area contributed by atoms with Gasteiger partial charge in [-0.3, -0.25) is 9.59 Å². The van der Waals surface area contributed by atoms with Gasteiger partial charge in [0.1, 0.15) is 6.04 Å². The van der Waals surface area contributed by atoms with Gasteiger partial charge in [0.05, 0.1) is 0 Å². The fraction of sp³-hybridized carbons (Fsp3) is 0.0769. The van der Waals surface area contributed by atoms with Crippen molar-refractivity contribution in [1.82, 2.24) is 5.32 Å². The first kappa shape index (κ1) is 19.4. The Balaban J connectivity index is 1.48. The molecule has 4 rings (SSSR count). The molecule has 0 saturated carbocycles. The number of carbonyl (C=O) groups is 2. The van der Waals surface area contributed by atoms with Gasteiger partial charge in [0.2, 0.25) is 5.91 Å². The first-order valence-corrected chi connectivity index (χ1v) is 9.83. The third-order valence-corrected chi connectivity index (χ3v) is 5.16. The van der Waals surface area contributed by atoms with Crippen LogP contribution >= 0.6 is 0 Å². The van der Waals surface area contributed by atoms with E-state index in [2.05, 4.69) is 5.32 Å². The van der Waals surface area contributed by atoms with Crippen LogP contribution in [0.25, 0.3) is 21.9 Å². The summed E-state index contributed by atoms with van der Waals surface area (Å²) < 4.78 is 0. The summed E-state index contributed by atoms with van der Waals surface area (Å²) in [7, 11) is 0. The number of hydrogen-bond donors (Lipinski definition) is 2. The zero-order valence-corrected chi connectivity index (χ0v) is 16.4. The van der Waals surface area contributed by atoms with Gasteiger partial charge in [-0.2, -0.15) is 0 Å². The molecule has 2 amide bonds. The maximum absolute atomic E-state index is 12.7. The number of amides is 2. The van der Waals surface area contributed by atoms with Gasteiger partial charge in [-0.25, -0.2) is 0 Å². The molecule has 4 aromatic carbocycles. The second-order valence-corrected chi connectivity index (χ2v) is 7.26. The molecule has 1 atom stereocenters. The molecule has 3 N–H and O–H groups in total. The van der Waals surface area contributed by atoms with Crippen molar-refractivity contribution < 1.29 is 9.59 Å². The molecule has 4 nitrogen and oxygen atoms in total. The van der Waals surface area contributed by atoms with Gasteiger partial charge in [0.25, 0.3) is 5.91 Å². The summed E-state index contributed by atoms with van der Waals surface area (Å²) in [6, 6.07) is 30.5. The number of hydrogen-bond acceptors (Lipinski definition) is 2. The van der Waals surface area contributed by atoms with E-state index in [1.807, 2.05) is 91.0 Å². The highest BCUT2D eigenvalue weighted by Crippen LogP contribution is 2.20. The minimum Gasteiger partial charge on any atom is -0.368 e. The van der Waals surface area contributed by atoms with Gasteiger partial charge in [-0.05, 0) is 39.6 Å². The first-order chi connectivity index (χ1) is 14.6. The number of primary amides is 1. The van der Waals surface area contributed by atoms with E-state index in [-0.39, 0.29) is 5.91 Å². The Morgan fingerprint density at radius 2 is 1.37 bits per heavy atom. The summed E-state index contributed by atoms with van der Waals surface area (Å²) in [5, 5.41) is 4.80. The second kappa shape index (κ2) is 8.62. The molecule has 0 fully saturated rings. The summed E-state index contributed by atoms with van der Waals surface area (Å²) in [6.07, 6.45) is 0.337. The van der Waals surface area contributed by atoms with Crippen molar-refractivity contribution in [3.8, 4) is 11.1 Å². The highest BCUT2D eigenvalue weighted by Gasteiger charge is 2.19. The van der Waals surface area contributed by atoms with Crippen LogP contribution in [0.2, 0.25) is 0 Å². The lowest BCUT2D eigenvalue weighted by Crippen LogP contribution is -2.45. The van der Waals surface area contributed by atoms with Crippen LogP contribution in [-0.4, -0.2) is 17.9 Å². The molecule has 148 valence electrons. The number of nitrogens with two attached hydrogens (primary N) is 1. The van der Waals surface area contributed by atoms with E-state index in [1.165, 1.54) is 0 Å². The van der Waals surface area contributed by atoms with Gasteiger partial charge in [-0.15, -0.1) is 0 Å². The largest absolute Gasteiger partial charge is 0.368 e. The molecule has 4 heteroatoms. The maximum Gasteiger partial charge on any atom is 0.251 e. The summed E-state index contributed by atoms with van der Waals surface area (Å²) >= 11 is 0. The van der Waals surface area contributed by atoms with Gasteiger partial charge < -0.3 is 11.1 Å². The number of rotatable bonds is 6. The number of fused-ring (bicyclic) bond motifs is 1. The molecule has 0 aliphatic carbocycles. The summed E-state index contributed by atoms with van der Waals surface area (Å²) in [6.45, 7) is 0. The van der Waals surface area contributed by atoms with Crippen molar-refractivity contribution in [2.75, 3.05) is 0 Å². The smallest absolute Gasteiger partial charge is 0.251 e. The van der Waals surface area contributed by atoms with E-state index < -0.39 is 11.9 Å². The highest BCUT2D eigenvalue weighted by atomic mass is 16.2. The Morgan fingerprint density at radius 3 is 2.07 bits per heavy atom. The van der Waals surface area contributed by atoms with Gasteiger partial charge >= 0.3 is 0 Å². The van der Waals surface area contributed by atoms with E-state index in [1.54, 1.807) is 6.07 Å². The third kappa shape index (κ3) is 4.39. The summed E-state index contributed by atoms with van der Waals surface area (Å²) in [5.74, 6) is -0.873. The quantitative estimate of drug-likeness (QED) is 0.511. The molecule has 0 saturated heterocycles. The van der Waals surface area contributed by atoms with Crippen LogP contribution in [0.4, 0.5) is 0 Å². The zero-order valence-electron chi connectivity index (χ0n) is 16.4. The lowest BCUT2D eigenvalue weighted by Gasteiger charge is -2.16. The van der Waals surface area contributed by atoms with Crippen molar-refractivity contribution in [1.29, 1.82) is 0 Å². The molecule has 30 heavy (non-hydrogen) atoms. The number of benzene rings is 4. The van der Waals surface area contributed by atoms with Gasteiger partial charge in [0.15, 0.2) is 0 Å². The predicted octanol–water partition coefficient (Wildman–Crippen LogP) is 4.33. The molecule has 0 aliphatic heterocycles. The van der Waals surface area contributed by atoms with Crippen LogP contribution in [0.15, 0.2) is 97.1 Å². The fourth-order valence-corrected chi connectivity index (χ4v) is 3.49. The molecule has 0 aliphatic rings. The molecular formula is C26H22N2O2. The normalized spacial score (nSPS) is 11.7. The average molecular weight is 394 g/mol. The summed E-state index contributed by atoms with van der Waals surface area (Å²) in [4.78, 5) is 24.7. The topological polar surface area (TPSA) is 72.2 Å². The second-order valence-electron chi connectivity index (χ2n) is 7.26. The average Bonchev–Trinajstić information content (AvgIpc) is 2.79. The van der Waals surface area contributed by atoms with E-state index in [9.17, 15) is 9.59 Å². The van der Waals surface area contributed by atoms with Gasteiger partial charge in [0, 0.05) is 12.0 Å². The Morgan fingerprint density at radius 1 is 0.733 bits per heavy atom. The Hall–Kier alpha value is -3.92. The van der Waals surface area contributed by atoms with Crippen LogP contribution < -0.4 is 11.1 Å². The fourth-order valence-electron chi connectivity index (χ4n) is 3.49. The summed E-state index contributed by atoms with van der Waals surface area (Å²) in [5.41, 5.74) is 9.21. The van der Waals surface area contributed by atoms with E-state index >= 15 is 0 Å². The van der Waals surface area contributed by atoms with E-state index in [4.69, 9.17) is 5.73 Å². The van der Waals surface area contributed by atoms with Crippen molar-refractivity contribution >= 4 is 22.6 Å². The molecule has 0 spiro atoms. The van der Waals surface area contributed by atoms with Crippen molar-refractivity contribution in [2.24, 2.45) is 5.73 Å². The van der Waals surface area contributed by atoms with Crippen LogP contribution in [-0.2, 0) is 11.2 Å². The van der Waals surface area contributed by atoms with E-state index in [0.29, 0.717) is 12.0 Å². The Bertz CT molecular complexity index is 1180. The molecule has 0 unspecified atom stereocenters. The lowest BCUT2D eigenvalue weighted by atomic mass is 10.00. The van der Waals surface area contributed by atoms with Crippen LogP contribution in [0.3, 0.4) is 0 Å². The van der Waals surface area contributed by atoms with Crippen LogP contribution in [0, 0.1) is 0 Å². The standard InChI is InChI=1S/C26H22N2O2/c27-25(29)24(16-18-10-12-21(13-11-18)19-6-2-1-3-7-19)28-26(30)23-15-14-20-8-4-5-9-22(20)17-23/h1-15,17,24H,16H2,(H2,27,29)(H,28,30)/t24-/m0/s1. The Kier molecular flexibility index (Phi) is 5.57. The number of nitrogens with one attached hydrogen (secondary N) is 1. The minimum absolute atomic E-state index is 0.314. The minimum atomic E-state index is -0.786. The first-order valence-electron chi connectivity index (χ1n) is 9.83. The SMILES string of the molecule is NC(=O)[C@H](Cc1ccc(-c2ccccc2)cc1)NC(=O)c1ccc2ccccc2c1. The maximum atomic E-state index is 12.7. The van der Waals surface area contributed by atoms with Crippen molar-refractivity contribution in [3.05, 3.63) is 108 Å². The van der Waals surface area contributed by atoms with E-state index in [0.717, 1.165) is 27.5 Å². The molecule has 0 bridgehead atoms. The predicted molar refractivity (Wildman–Crippen MR) is 120 cm³/mol. The number of carbonyl (C=O) groups excluding carboxylic acids is 2. The molecule has 0 aromatic heterocycles. The van der Waals surface area contributed by atoms with Crippen LogP contribution in [0.1, 0.15) is 15.9 Å². The monoisotopic (exact) mass is 394 g/mol. The highest BCUT2D eigenvalue weighted by molar-refractivity contribution is 6.00. The molecule has 4 aromatic rings. The third-order valence-electron chi connectivity index (χ3n) is 5.16. The van der Waals surface area contributed by atoms with Crippen LogP contribution in [0.5, 0.6) is 0 Å². The zero-order chi connectivity index (χ0) is 20.9. The molecule has 0 heterocycles. The Labute approximate surface area is 175 Å². The van der Waals surface area contributed by atoms with Gasteiger partial charge in [-0.1, -0.05) is 84.9 Å². The molecular weight excluding hydrogens is 372 g/mol. The van der Waals surface area contributed by atoms with Crippen molar-refractivity contribution in [2.45, 2.75) is 12.5 Å². The molecule has 0 radical (unpaired) electrons.